The molecule has 1 amide bonds. The third kappa shape index (κ3) is 4.96. The molecule has 1 saturated heterocycles. The van der Waals surface area contributed by atoms with E-state index in [-0.39, 0.29) is 17.4 Å². The van der Waals surface area contributed by atoms with Crippen LogP contribution < -0.4 is 15.0 Å². The van der Waals surface area contributed by atoms with E-state index in [9.17, 15) is 9.59 Å². The molecule has 32 heavy (non-hydrogen) atoms. The molecule has 0 unspecified atom stereocenters. The molecule has 1 fully saturated rings. The van der Waals surface area contributed by atoms with Gasteiger partial charge in [-0.3, -0.25) is 14.6 Å². The van der Waals surface area contributed by atoms with Crippen LogP contribution in [0.3, 0.4) is 0 Å². The highest BCUT2D eigenvalue weighted by Gasteiger charge is 2.32. The lowest BCUT2D eigenvalue weighted by atomic mass is 10.0. The highest BCUT2D eigenvalue weighted by Crippen LogP contribution is 2.27. The Hall–Kier alpha value is -3.68. The van der Waals surface area contributed by atoms with Gasteiger partial charge < -0.3 is 19.4 Å². The number of aromatic nitrogens is 3. The summed E-state index contributed by atoms with van der Waals surface area (Å²) in [6.45, 7) is 5.35. The minimum absolute atomic E-state index is 0.0126. The van der Waals surface area contributed by atoms with Crippen molar-refractivity contribution in [2.24, 2.45) is 0 Å². The van der Waals surface area contributed by atoms with Crippen LogP contribution in [0.25, 0.3) is 11.5 Å². The number of rotatable bonds is 7. The topological polar surface area (TPSA) is 97.4 Å². The minimum atomic E-state index is -0.622. The minimum Gasteiger partial charge on any atom is -0.494 e. The van der Waals surface area contributed by atoms with Gasteiger partial charge in [0.2, 0.25) is 0 Å². The predicted octanol–water partition coefficient (Wildman–Crippen LogP) is 3.01. The molecule has 1 N–H and O–H groups in total. The van der Waals surface area contributed by atoms with Crippen LogP contribution in [0.4, 0.5) is 0 Å². The summed E-state index contributed by atoms with van der Waals surface area (Å²) >= 11 is 0. The summed E-state index contributed by atoms with van der Waals surface area (Å²) < 4.78 is 11.3. The Morgan fingerprint density at radius 3 is 2.72 bits per heavy atom. The molecule has 4 rings (SSSR count). The monoisotopic (exact) mass is 434 g/mol. The number of likely N-dealkylation sites (tertiary alicyclic amines) is 1. The standard InChI is InChI=1S/C24H26N4O4/c1-3-31-18-7-9-19(10-8-18)32-16(2)24(30)28-13-11-17(15-28)21-14-22(29)27-23(26-21)20-6-4-5-12-25-20/h4-10,12,14,16-17H,3,11,13,15H2,1-2H3,(H,26,27,29)/t16-,17+/m0/s1. The maximum absolute atomic E-state index is 12.9. The molecule has 166 valence electrons. The van der Waals surface area contributed by atoms with Gasteiger partial charge in [0.05, 0.1) is 12.3 Å². The van der Waals surface area contributed by atoms with E-state index >= 15 is 0 Å². The Bertz CT molecular complexity index is 1110. The number of nitrogens with zero attached hydrogens (tertiary/aromatic N) is 3. The van der Waals surface area contributed by atoms with Crippen LogP contribution in [0.5, 0.6) is 11.5 Å². The van der Waals surface area contributed by atoms with Crippen LogP contribution in [-0.4, -0.2) is 51.6 Å². The van der Waals surface area contributed by atoms with E-state index in [1.165, 1.54) is 6.07 Å². The summed E-state index contributed by atoms with van der Waals surface area (Å²) in [7, 11) is 0. The zero-order valence-electron chi connectivity index (χ0n) is 18.2. The average Bonchev–Trinajstić information content (AvgIpc) is 3.30. The van der Waals surface area contributed by atoms with Crippen LogP contribution in [0.15, 0.2) is 59.5 Å². The molecule has 0 spiro atoms. The number of aromatic amines is 1. The Labute approximate surface area is 186 Å². The second-order valence-corrected chi connectivity index (χ2v) is 7.67. The molecule has 3 aromatic rings. The lowest BCUT2D eigenvalue weighted by molar-refractivity contribution is -0.136. The van der Waals surface area contributed by atoms with Crippen molar-refractivity contribution in [3.63, 3.8) is 0 Å². The van der Waals surface area contributed by atoms with Gasteiger partial charge in [-0.25, -0.2) is 4.98 Å². The van der Waals surface area contributed by atoms with E-state index < -0.39 is 6.10 Å². The smallest absolute Gasteiger partial charge is 0.263 e. The highest BCUT2D eigenvalue weighted by molar-refractivity contribution is 5.81. The Morgan fingerprint density at radius 2 is 2.00 bits per heavy atom. The summed E-state index contributed by atoms with van der Waals surface area (Å²) in [4.78, 5) is 38.5. The third-order valence-corrected chi connectivity index (χ3v) is 5.38. The normalized spacial score (nSPS) is 16.6. The van der Waals surface area contributed by atoms with Crippen LogP contribution in [0, 0.1) is 0 Å². The molecular weight excluding hydrogens is 408 g/mol. The van der Waals surface area contributed by atoms with Gasteiger partial charge in [0.15, 0.2) is 11.9 Å². The predicted molar refractivity (Wildman–Crippen MR) is 120 cm³/mol. The molecule has 2 aromatic heterocycles. The number of pyridine rings is 1. The fourth-order valence-corrected chi connectivity index (χ4v) is 3.80. The number of benzene rings is 1. The number of H-pyrrole nitrogens is 1. The molecule has 8 nitrogen and oxygen atoms in total. The SMILES string of the molecule is CCOc1ccc(O[C@@H](C)C(=O)N2CC[C@@H](c3cc(=O)[nH]c(-c4ccccn4)n3)C2)cc1. The number of hydrogen-bond donors (Lipinski definition) is 1. The van der Waals surface area contributed by atoms with Gasteiger partial charge >= 0.3 is 0 Å². The van der Waals surface area contributed by atoms with Gasteiger partial charge in [-0.2, -0.15) is 0 Å². The van der Waals surface area contributed by atoms with E-state index in [4.69, 9.17) is 9.47 Å². The fraction of sp³-hybridized carbons (Fsp3) is 0.333. The van der Waals surface area contributed by atoms with E-state index in [0.29, 0.717) is 42.7 Å². The average molecular weight is 434 g/mol. The molecule has 1 aromatic carbocycles. The third-order valence-electron chi connectivity index (χ3n) is 5.38. The lowest BCUT2D eigenvalue weighted by Crippen LogP contribution is -2.39. The van der Waals surface area contributed by atoms with Crippen LogP contribution in [-0.2, 0) is 4.79 Å². The summed E-state index contributed by atoms with van der Waals surface area (Å²) in [5.41, 5.74) is 1.05. The molecule has 1 aliphatic heterocycles. The molecule has 0 saturated carbocycles. The van der Waals surface area contributed by atoms with Crippen molar-refractivity contribution in [3.05, 3.63) is 70.8 Å². The Morgan fingerprint density at radius 1 is 1.22 bits per heavy atom. The van der Waals surface area contributed by atoms with Crippen LogP contribution in [0.1, 0.15) is 31.9 Å². The molecule has 3 heterocycles. The fourth-order valence-electron chi connectivity index (χ4n) is 3.80. The van der Waals surface area contributed by atoms with E-state index in [1.54, 1.807) is 36.2 Å². The first-order valence-corrected chi connectivity index (χ1v) is 10.7. The van der Waals surface area contributed by atoms with Gasteiger partial charge in [-0.05, 0) is 56.7 Å². The second kappa shape index (κ2) is 9.64. The maximum atomic E-state index is 12.9. The molecule has 1 aliphatic rings. The first-order chi connectivity index (χ1) is 15.5. The van der Waals surface area contributed by atoms with E-state index in [1.807, 2.05) is 31.2 Å². The number of nitrogens with one attached hydrogen (secondary N) is 1. The van der Waals surface area contributed by atoms with Crippen molar-refractivity contribution < 1.29 is 14.3 Å². The van der Waals surface area contributed by atoms with E-state index in [2.05, 4.69) is 15.0 Å². The van der Waals surface area contributed by atoms with Crippen molar-refractivity contribution in [1.82, 2.24) is 19.9 Å². The quantitative estimate of drug-likeness (QED) is 0.614. The zero-order chi connectivity index (χ0) is 22.5. The number of amides is 1. The summed E-state index contributed by atoms with van der Waals surface area (Å²) in [6.07, 6.45) is 1.77. The van der Waals surface area contributed by atoms with Crippen LogP contribution >= 0.6 is 0 Å². The molecule has 2 atom stereocenters. The first-order valence-electron chi connectivity index (χ1n) is 10.7. The van der Waals surface area contributed by atoms with Crippen molar-refractivity contribution in [2.45, 2.75) is 32.3 Å². The number of carbonyl (C=O) groups is 1. The lowest BCUT2D eigenvalue weighted by Gasteiger charge is -2.22. The molecule has 8 heteroatoms. The van der Waals surface area contributed by atoms with Crippen molar-refractivity contribution in [3.8, 4) is 23.0 Å². The first kappa shape index (κ1) is 21.5. The van der Waals surface area contributed by atoms with Gasteiger partial charge in [0.1, 0.15) is 17.2 Å². The van der Waals surface area contributed by atoms with Crippen molar-refractivity contribution in [2.75, 3.05) is 19.7 Å². The Kier molecular flexibility index (Phi) is 6.49. The van der Waals surface area contributed by atoms with Gasteiger partial charge in [0, 0.05) is 31.3 Å². The van der Waals surface area contributed by atoms with Crippen molar-refractivity contribution >= 4 is 5.91 Å². The summed E-state index contributed by atoms with van der Waals surface area (Å²) in [5, 5.41) is 0. The zero-order valence-corrected chi connectivity index (χ0v) is 18.2. The van der Waals surface area contributed by atoms with Crippen LogP contribution in [0.2, 0.25) is 0 Å². The molecule has 0 aliphatic carbocycles. The second-order valence-electron chi connectivity index (χ2n) is 7.67. The van der Waals surface area contributed by atoms with E-state index in [0.717, 1.165) is 12.2 Å². The van der Waals surface area contributed by atoms with Gasteiger partial charge in [-0.15, -0.1) is 0 Å². The summed E-state index contributed by atoms with van der Waals surface area (Å²) in [6, 6.07) is 14.2. The van der Waals surface area contributed by atoms with Crippen molar-refractivity contribution in [1.29, 1.82) is 0 Å². The Balaban J connectivity index is 1.41. The molecule has 0 bridgehead atoms. The number of carbonyl (C=O) groups excluding carboxylic acids is 1. The van der Waals surface area contributed by atoms with Gasteiger partial charge in [0.25, 0.3) is 11.5 Å². The molecular formula is C24H26N4O4. The maximum Gasteiger partial charge on any atom is 0.263 e. The number of hydrogen-bond acceptors (Lipinski definition) is 6. The highest BCUT2D eigenvalue weighted by atomic mass is 16.5. The summed E-state index contributed by atoms with van der Waals surface area (Å²) in [5.74, 6) is 1.71. The number of ether oxygens (including phenoxy) is 2. The van der Waals surface area contributed by atoms with Gasteiger partial charge in [-0.1, -0.05) is 6.07 Å². The molecule has 0 radical (unpaired) electrons. The largest absolute Gasteiger partial charge is 0.494 e.